The van der Waals surface area contributed by atoms with Crippen LogP contribution < -0.4 is 10.1 Å². The first-order chi connectivity index (χ1) is 10.3. The lowest BCUT2D eigenvalue weighted by Crippen LogP contribution is -1.98. The minimum Gasteiger partial charge on any atom is -0.481 e. The van der Waals surface area contributed by atoms with Gasteiger partial charge in [0.15, 0.2) is 0 Å². The topological polar surface area (TPSA) is 60.2 Å². The Morgan fingerprint density at radius 3 is 2.81 bits per heavy atom. The van der Waals surface area contributed by atoms with E-state index in [9.17, 15) is 0 Å². The van der Waals surface area contributed by atoms with Gasteiger partial charge in [0.2, 0.25) is 5.88 Å². The maximum absolute atomic E-state index is 5.06. The van der Waals surface area contributed by atoms with Crippen molar-refractivity contribution < 1.29 is 9.15 Å². The molecule has 0 saturated carbocycles. The Hall–Kier alpha value is -2.82. The van der Waals surface area contributed by atoms with Gasteiger partial charge in [0.05, 0.1) is 25.3 Å². The van der Waals surface area contributed by atoms with Gasteiger partial charge in [0.25, 0.3) is 0 Å². The molecule has 21 heavy (non-hydrogen) atoms. The second-order valence-electron chi connectivity index (χ2n) is 4.54. The van der Waals surface area contributed by atoms with Crippen LogP contribution in [0.5, 0.6) is 5.88 Å². The van der Waals surface area contributed by atoms with E-state index in [1.165, 1.54) is 0 Å². The number of ether oxygens (including phenoxy) is 1. The number of pyridine rings is 2. The second-order valence-corrected chi connectivity index (χ2v) is 4.54. The van der Waals surface area contributed by atoms with Crippen molar-refractivity contribution in [1.82, 2.24) is 9.97 Å². The number of rotatable bonds is 5. The van der Waals surface area contributed by atoms with E-state index in [2.05, 4.69) is 15.3 Å². The zero-order valence-corrected chi connectivity index (χ0v) is 11.6. The molecule has 0 amide bonds. The van der Waals surface area contributed by atoms with Crippen molar-refractivity contribution in [3.05, 3.63) is 60.9 Å². The molecule has 0 fully saturated rings. The summed E-state index contributed by atoms with van der Waals surface area (Å²) in [6, 6.07) is 7.76. The van der Waals surface area contributed by atoms with Gasteiger partial charge in [-0.15, -0.1) is 0 Å². The number of hydrogen-bond acceptors (Lipinski definition) is 5. The van der Waals surface area contributed by atoms with Gasteiger partial charge in [-0.1, -0.05) is 0 Å². The zero-order chi connectivity index (χ0) is 14.5. The van der Waals surface area contributed by atoms with E-state index >= 15 is 0 Å². The van der Waals surface area contributed by atoms with E-state index in [1.807, 2.05) is 30.5 Å². The quantitative estimate of drug-likeness (QED) is 0.777. The molecule has 5 heteroatoms. The SMILES string of the molecule is COc1ccc(-c2cncc(NCc3ccoc3)c2)cn1. The van der Waals surface area contributed by atoms with Crippen LogP contribution in [0, 0.1) is 0 Å². The summed E-state index contributed by atoms with van der Waals surface area (Å²) in [5, 5.41) is 3.31. The highest BCUT2D eigenvalue weighted by Gasteiger charge is 2.02. The lowest BCUT2D eigenvalue weighted by molar-refractivity contribution is 0.398. The highest BCUT2D eigenvalue weighted by Crippen LogP contribution is 2.22. The third-order valence-electron chi connectivity index (χ3n) is 3.09. The second kappa shape index (κ2) is 6.09. The molecule has 3 aromatic heterocycles. The zero-order valence-electron chi connectivity index (χ0n) is 11.6. The Morgan fingerprint density at radius 2 is 2.10 bits per heavy atom. The van der Waals surface area contributed by atoms with E-state index in [4.69, 9.17) is 9.15 Å². The predicted octanol–water partition coefficient (Wildman–Crippen LogP) is 3.36. The Morgan fingerprint density at radius 1 is 1.14 bits per heavy atom. The molecule has 0 spiro atoms. The van der Waals surface area contributed by atoms with Crippen molar-refractivity contribution in [1.29, 1.82) is 0 Å². The van der Waals surface area contributed by atoms with Gasteiger partial charge in [0, 0.05) is 47.9 Å². The van der Waals surface area contributed by atoms with Crippen LogP contribution in [-0.2, 0) is 6.54 Å². The van der Waals surface area contributed by atoms with Crippen LogP contribution in [-0.4, -0.2) is 17.1 Å². The fourth-order valence-electron chi connectivity index (χ4n) is 1.96. The normalized spacial score (nSPS) is 10.3. The van der Waals surface area contributed by atoms with Crippen molar-refractivity contribution in [3.8, 4) is 17.0 Å². The molecule has 0 atom stereocenters. The molecule has 0 aromatic carbocycles. The lowest BCUT2D eigenvalue weighted by atomic mass is 10.1. The number of aromatic nitrogens is 2. The van der Waals surface area contributed by atoms with E-state index in [-0.39, 0.29) is 0 Å². The van der Waals surface area contributed by atoms with Crippen molar-refractivity contribution >= 4 is 5.69 Å². The molecule has 0 radical (unpaired) electrons. The monoisotopic (exact) mass is 281 g/mol. The first-order valence-electron chi connectivity index (χ1n) is 6.55. The summed E-state index contributed by atoms with van der Waals surface area (Å²) in [4.78, 5) is 8.47. The standard InChI is InChI=1S/C16H15N3O2/c1-20-16-3-2-13(9-19-16)14-6-15(10-17-8-14)18-7-12-4-5-21-11-12/h2-6,8-11,18H,7H2,1H3. The number of anilines is 1. The third kappa shape index (κ3) is 3.20. The smallest absolute Gasteiger partial charge is 0.212 e. The van der Waals surface area contributed by atoms with Crippen molar-refractivity contribution in [2.24, 2.45) is 0 Å². The van der Waals surface area contributed by atoms with Gasteiger partial charge < -0.3 is 14.5 Å². The maximum Gasteiger partial charge on any atom is 0.212 e. The summed E-state index contributed by atoms with van der Waals surface area (Å²) >= 11 is 0. The Kier molecular flexibility index (Phi) is 3.82. The van der Waals surface area contributed by atoms with Crippen LogP contribution in [0.2, 0.25) is 0 Å². The van der Waals surface area contributed by atoms with Crippen LogP contribution in [0.15, 0.2) is 59.8 Å². The molecule has 0 bridgehead atoms. The molecule has 3 aromatic rings. The third-order valence-corrected chi connectivity index (χ3v) is 3.09. The average Bonchev–Trinajstić information content (AvgIpc) is 3.07. The van der Waals surface area contributed by atoms with Crippen LogP contribution in [0.3, 0.4) is 0 Å². The largest absolute Gasteiger partial charge is 0.481 e. The molecular formula is C16H15N3O2. The van der Waals surface area contributed by atoms with Gasteiger partial charge in [-0.05, 0) is 18.2 Å². The summed E-state index contributed by atoms with van der Waals surface area (Å²) in [5.74, 6) is 0.598. The van der Waals surface area contributed by atoms with Crippen LogP contribution in [0.25, 0.3) is 11.1 Å². The highest BCUT2D eigenvalue weighted by molar-refractivity contribution is 5.66. The summed E-state index contributed by atoms with van der Waals surface area (Å²) in [6.45, 7) is 0.697. The van der Waals surface area contributed by atoms with Crippen molar-refractivity contribution in [2.75, 3.05) is 12.4 Å². The van der Waals surface area contributed by atoms with Crippen molar-refractivity contribution in [2.45, 2.75) is 6.54 Å². The maximum atomic E-state index is 5.06. The minimum atomic E-state index is 0.598. The van der Waals surface area contributed by atoms with Gasteiger partial charge >= 0.3 is 0 Å². The van der Waals surface area contributed by atoms with E-state index in [1.54, 1.807) is 32.0 Å². The van der Waals surface area contributed by atoms with Crippen LogP contribution in [0.4, 0.5) is 5.69 Å². The number of nitrogens with one attached hydrogen (secondary N) is 1. The molecule has 0 aliphatic heterocycles. The van der Waals surface area contributed by atoms with E-state index in [0.29, 0.717) is 12.4 Å². The molecule has 3 rings (SSSR count). The van der Waals surface area contributed by atoms with Crippen molar-refractivity contribution in [3.63, 3.8) is 0 Å². The van der Waals surface area contributed by atoms with Crippen LogP contribution >= 0.6 is 0 Å². The molecular weight excluding hydrogens is 266 g/mol. The molecule has 5 nitrogen and oxygen atoms in total. The number of furan rings is 1. The highest BCUT2D eigenvalue weighted by atomic mass is 16.5. The van der Waals surface area contributed by atoms with Gasteiger partial charge in [-0.2, -0.15) is 0 Å². The summed E-state index contributed by atoms with van der Waals surface area (Å²) in [6.07, 6.45) is 8.76. The van der Waals surface area contributed by atoms with Gasteiger partial charge in [0.1, 0.15) is 0 Å². The first-order valence-corrected chi connectivity index (χ1v) is 6.55. The van der Waals surface area contributed by atoms with E-state index in [0.717, 1.165) is 22.4 Å². The molecule has 0 saturated heterocycles. The molecule has 3 heterocycles. The summed E-state index contributed by atoms with van der Waals surface area (Å²) in [5.41, 5.74) is 4.04. The molecule has 106 valence electrons. The predicted molar refractivity (Wildman–Crippen MR) is 80.1 cm³/mol. The first kappa shape index (κ1) is 13.2. The number of nitrogens with zero attached hydrogens (tertiary/aromatic N) is 2. The molecule has 0 unspecified atom stereocenters. The number of hydrogen-bond donors (Lipinski definition) is 1. The Labute approximate surface area is 122 Å². The summed E-state index contributed by atoms with van der Waals surface area (Å²) < 4.78 is 10.1. The fourth-order valence-corrected chi connectivity index (χ4v) is 1.96. The molecule has 0 aliphatic rings. The minimum absolute atomic E-state index is 0.598. The Bertz CT molecular complexity index is 694. The van der Waals surface area contributed by atoms with Gasteiger partial charge in [-0.3, -0.25) is 4.98 Å². The van der Waals surface area contributed by atoms with Crippen LogP contribution in [0.1, 0.15) is 5.56 Å². The fraction of sp³-hybridized carbons (Fsp3) is 0.125. The Balaban J connectivity index is 1.75. The molecule has 0 aliphatic carbocycles. The average molecular weight is 281 g/mol. The lowest BCUT2D eigenvalue weighted by Gasteiger charge is -2.07. The van der Waals surface area contributed by atoms with Gasteiger partial charge in [-0.25, -0.2) is 4.98 Å². The number of methoxy groups -OCH3 is 1. The van der Waals surface area contributed by atoms with E-state index < -0.39 is 0 Å². The molecule has 1 N–H and O–H groups in total. The summed E-state index contributed by atoms with van der Waals surface area (Å²) in [7, 11) is 1.60.